The van der Waals surface area contributed by atoms with Crippen LogP contribution in [0.2, 0.25) is 0 Å². The summed E-state index contributed by atoms with van der Waals surface area (Å²) in [5.74, 6) is -1.06. The van der Waals surface area contributed by atoms with E-state index in [2.05, 4.69) is 21.2 Å². The Kier molecular flexibility index (Phi) is 10.6. The van der Waals surface area contributed by atoms with Gasteiger partial charge in [-0.15, -0.1) is 0 Å². The number of hydrogen-bond donors (Lipinski definition) is 3. The van der Waals surface area contributed by atoms with Crippen LogP contribution in [0.3, 0.4) is 0 Å². The normalized spacial score (nSPS) is 11.5. The zero-order chi connectivity index (χ0) is 24.9. The number of anilines is 1. The average molecular weight is 469 g/mol. The van der Waals surface area contributed by atoms with Crippen LogP contribution in [0.5, 0.6) is 11.5 Å². The van der Waals surface area contributed by atoms with Crippen molar-refractivity contribution in [3.8, 4) is 11.5 Å². The summed E-state index contributed by atoms with van der Waals surface area (Å²) in [6.07, 6.45) is 2.90. The van der Waals surface area contributed by atoms with E-state index in [-0.39, 0.29) is 18.6 Å². The van der Waals surface area contributed by atoms with Crippen LogP contribution in [0.1, 0.15) is 45.2 Å². The van der Waals surface area contributed by atoms with Crippen LogP contribution in [0, 0.1) is 0 Å². The van der Waals surface area contributed by atoms with Crippen molar-refractivity contribution in [2.75, 3.05) is 18.5 Å². The molecular formula is C25H32N4O5. The molecular weight excluding hydrogens is 436 g/mol. The van der Waals surface area contributed by atoms with Crippen molar-refractivity contribution in [2.45, 2.75) is 46.6 Å². The number of nitrogens with one attached hydrogen (secondary N) is 3. The Hall–Kier alpha value is -3.88. The number of rotatable bonds is 11. The second-order valence-electron chi connectivity index (χ2n) is 7.47. The third kappa shape index (κ3) is 8.23. The maximum Gasteiger partial charge on any atom is 0.329 e. The summed E-state index contributed by atoms with van der Waals surface area (Å²) >= 11 is 0. The molecule has 9 heteroatoms. The Balaban J connectivity index is 1.97. The van der Waals surface area contributed by atoms with Gasteiger partial charge >= 0.3 is 11.8 Å². The number of nitrogens with zero attached hydrogens (tertiary/aromatic N) is 1. The first-order chi connectivity index (χ1) is 16.4. The number of ether oxygens (including phenoxy) is 2. The Morgan fingerprint density at radius 2 is 1.76 bits per heavy atom. The van der Waals surface area contributed by atoms with E-state index in [1.807, 2.05) is 45.0 Å². The molecule has 3 amide bonds. The molecule has 0 heterocycles. The summed E-state index contributed by atoms with van der Waals surface area (Å²) in [6.45, 7) is 7.76. The largest absolute Gasteiger partial charge is 0.490 e. The van der Waals surface area contributed by atoms with Gasteiger partial charge in [0.1, 0.15) is 0 Å². The first-order valence-corrected chi connectivity index (χ1v) is 11.3. The fourth-order valence-electron chi connectivity index (χ4n) is 2.88. The molecule has 0 unspecified atom stereocenters. The van der Waals surface area contributed by atoms with Gasteiger partial charge in [-0.05, 0) is 62.1 Å². The summed E-state index contributed by atoms with van der Waals surface area (Å²) < 4.78 is 11.3. The highest BCUT2D eigenvalue weighted by atomic mass is 16.5. The van der Waals surface area contributed by atoms with Crippen molar-refractivity contribution in [2.24, 2.45) is 5.10 Å². The van der Waals surface area contributed by atoms with Crippen LogP contribution in [0.25, 0.3) is 0 Å². The quantitative estimate of drug-likeness (QED) is 0.266. The lowest BCUT2D eigenvalue weighted by atomic mass is 10.1. The molecule has 182 valence electrons. The van der Waals surface area contributed by atoms with Crippen molar-refractivity contribution < 1.29 is 23.9 Å². The van der Waals surface area contributed by atoms with Gasteiger partial charge in [0.05, 0.1) is 12.8 Å². The average Bonchev–Trinajstić information content (AvgIpc) is 2.83. The van der Waals surface area contributed by atoms with Crippen LogP contribution in [-0.2, 0) is 20.8 Å². The third-order valence-corrected chi connectivity index (χ3v) is 4.87. The summed E-state index contributed by atoms with van der Waals surface area (Å²) in [7, 11) is 0. The Morgan fingerprint density at radius 1 is 1.00 bits per heavy atom. The number of para-hydroxylation sites is 1. The maximum absolute atomic E-state index is 12.4. The van der Waals surface area contributed by atoms with Gasteiger partial charge < -0.3 is 20.1 Å². The molecule has 0 saturated heterocycles. The Morgan fingerprint density at radius 3 is 2.47 bits per heavy atom. The Labute approximate surface area is 199 Å². The van der Waals surface area contributed by atoms with Gasteiger partial charge in [0.15, 0.2) is 18.1 Å². The van der Waals surface area contributed by atoms with Gasteiger partial charge in [0.25, 0.3) is 5.91 Å². The second kappa shape index (κ2) is 13.6. The molecule has 2 rings (SSSR count). The fourth-order valence-corrected chi connectivity index (χ4v) is 2.88. The molecule has 1 atom stereocenters. The van der Waals surface area contributed by atoms with E-state index in [9.17, 15) is 14.4 Å². The molecule has 0 spiro atoms. The zero-order valence-electron chi connectivity index (χ0n) is 20.0. The number of carbonyl (C=O) groups is 3. The lowest BCUT2D eigenvalue weighted by Gasteiger charge is -2.13. The Bertz CT molecular complexity index is 1020. The van der Waals surface area contributed by atoms with E-state index < -0.39 is 11.8 Å². The van der Waals surface area contributed by atoms with Crippen LogP contribution in [0.4, 0.5) is 5.69 Å². The van der Waals surface area contributed by atoms with Crippen molar-refractivity contribution in [3.63, 3.8) is 0 Å². The van der Waals surface area contributed by atoms with Crippen LogP contribution >= 0.6 is 0 Å². The standard InChI is InChI=1S/C25H32N4O5/c1-5-17(4)27-24(31)25(32)29-26-15-18-12-13-21(22(14-18)33-7-3)34-16-23(30)28-20-11-9-8-10-19(20)6-2/h8-15,17H,5-7,16H2,1-4H3,(H,27,31)(H,28,30)(H,29,32)/b26-15-/t17-/m1/s1. The number of carbonyl (C=O) groups excluding carboxylic acids is 3. The van der Waals surface area contributed by atoms with Crippen LogP contribution in [0.15, 0.2) is 47.6 Å². The molecule has 0 aliphatic carbocycles. The molecule has 0 aliphatic heterocycles. The highest BCUT2D eigenvalue weighted by molar-refractivity contribution is 6.35. The highest BCUT2D eigenvalue weighted by Gasteiger charge is 2.14. The van der Waals surface area contributed by atoms with E-state index in [0.717, 1.165) is 17.7 Å². The predicted molar refractivity (Wildman–Crippen MR) is 131 cm³/mol. The number of aryl methyl sites for hydroxylation is 1. The topological polar surface area (TPSA) is 118 Å². The lowest BCUT2D eigenvalue weighted by Crippen LogP contribution is -2.41. The molecule has 0 saturated carbocycles. The summed E-state index contributed by atoms with van der Waals surface area (Å²) in [4.78, 5) is 35.9. The minimum absolute atomic E-state index is 0.105. The van der Waals surface area contributed by atoms with Crippen LogP contribution in [-0.4, -0.2) is 43.2 Å². The maximum atomic E-state index is 12.4. The first kappa shape index (κ1) is 26.4. The smallest absolute Gasteiger partial charge is 0.329 e. The molecule has 0 aliphatic rings. The SMILES string of the molecule is CCOc1cc(/C=N\NC(=O)C(=O)N[C@H](C)CC)ccc1OCC(=O)Nc1ccccc1CC. The van der Waals surface area contributed by atoms with E-state index in [4.69, 9.17) is 9.47 Å². The number of hydrazone groups is 1. The third-order valence-electron chi connectivity index (χ3n) is 4.87. The number of hydrogen-bond acceptors (Lipinski definition) is 6. The summed E-state index contributed by atoms with van der Waals surface area (Å²) in [5.41, 5.74) is 4.60. The molecule has 0 radical (unpaired) electrons. The number of benzene rings is 2. The molecule has 9 nitrogen and oxygen atoms in total. The minimum Gasteiger partial charge on any atom is -0.490 e. The van der Waals surface area contributed by atoms with Gasteiger partial charge in [-0.2, -0.15) is 5.10 Å². The van der Waals surface area contributed by atoms with Crippen LogP contribution < -0.4 is 25.5 Å². The van der Waals surface area contributed by atoms with E-state index in [1.165, 1.54) is 6.21 Å². The van der Waals surface area contributed by atoms with Crippen molar-refractivity contribution in [1.29, 1.82) is 0 Å². The second-order valence-corrected chi connectivity index (χ2v) is 7.47. The predicted octanol–water partition coefficient (Wildman–Crippen LogP) is 3.03. The summed E-state index contributed by atoms with van der Waals surface area (Å²) in [6, 6.07) is 12.5. The van der Waals surface area contributed by atoms with E-state index in [1.54, 1.807) is 25.1 Å². The molecule has 0 fully saturated rings. The van der Waals surface area contributed by atoms with Gasteiger partial charge in [0, 0.05) is 11.7 Å². The highest BCUT2D eigenvalue weighted by Crippen LogP contribution is 2.28. The van der Waals surface area contributed by atoms with E-state index >= 15 is 0 Å². The molecule has 34 heavy (non-hydrogen) atoms. The van der Waals surface area contributed by atoms with Crippen molar-refractivity contribution in [1.82, 2.24) is 10.7 Å². The van der Waals surface area contributed by atoms with Crippen molar-refractivity contribution in [3.05, 3.63) is 53.6 Å². The van der Waals surface area contributed by atoms with Gasteiger partial charge in [-0.1, -0.05) is 32.0 Å². The minimum atomic E-state index is -0.850. The molecule has 2 aromatic rings. The lowest BCUT2D eigenvalue weighted by molar-refractivity contribution is -0.139. The fraction of sp³-hybridized carbons (Fsp3) is 0.360. The summed E-state index contributed by atoms with van der Waals surface area (Å²) in [5, 5.41) is 9.24. The number of amides is 3. The first-order valence-electron chi connectivity index (χ1n) is 11.3. The van der Waals surface area contributed by atoms with E-state index in [0.29, 0.717) is 30.1 Å². The molecule has 0 bridgehead atoms. The monoisotopic (exact) mass is 468 g/mol. The zero-order valence-corrected chi connectivity index (χ0v) is 20.0. The van der Waals surface area contributed by atoms with Gasteiger partial charge in [-0.3, -0.25) is 14.4 Å². The molecule has 3 N–H and O–H groups in total. The molecule has 0 aromatic heterocycles. The van der Waals surface area contributed by atoms with Gasteiger partial charge in [-0.25, -0.2) is 5.43 Å². The molecule has 2 aromatic carbocycles. The van der Waals surface area contributed by atoms with Crippen molar-refractivity contribution >= 4 is 29.6 Å². The van der Waals surface area contributed by atoms with Gasteiger partial charge in [0.2, 0.25) is 0 Å².